The zero-order valence-electron chi connectivity index (χ0n) is 15.1. The van der Waals surface area contributed by atoms with E-state index in [2.05, 4.69) is 25.3 Å². The highest BCUT2D eigenvalue weighted by molar-refractivity contribution is 6.30. The normalized spacial score (nSPS) is 10.7. The van der Waals surface area contributed by atoms with Gasteiger partial charge in [0.25, 0.3) is 0 Å². The lowest BCUT2D eigenvalue weighted by Crippen LogP contribution is -2.03. The van der Waals surface area contributed by atoms with Crippen molar-refractivity contribution < 1.29 is 18.3 Å². The van der Waals surface area contributed by atoms with Crippen LogP contribution in [-0.4, -0.2) is 23.0 Å². The van der Waals surface area contributed by atoms with Gasteiger partial charge in [-0.1, -0.05) is 11.6 Å². The molecule has 0 fully saturated rings. The van der Waals surface area contributed by atoms with Crippen LogP contribution in [0, 0.1) is 5.82 Å². The minimum absolute atomic E-state index is 0.0159. The molecule has 7 nitrogen and oxygen atoms in total. The molecule has 0 aliphatic carbocycles. The molecule has 0 saturated heterocycles. The van der Waals surface area contributed by atoms with Crippen molar-refractivity contribution in [2.75, 3.05) is 17.7 Å². The van der Waals surface area contributed by atoms with Gasteiger partial charge in [-0.25, -0.2) is 14.2 Å². The van der Waals surface area contributed by atoms with Gasteiger partial charge in [0.2, 0.25) is 11.7 Å². The summed E-state index contributed by atoms with van der Waals surface area (Å²) in [5.41, 5.74) is 1.80. The van der Waals surface area contributed by atoms with Crippen molar-refractivity contribution in [2.24, 2.45) is 0 Å². The molecule has 0 spiro atoms. The van der Waals surface area contributed by atoms with Crippen molar-refractivity contribution in [1.82, 2.24) is 9.97 Å². The molecule has 2 aromatic heterocycles. The Morgan fingerprint density at radius 2 is 1.86 bits per heavy atom. The number of ether oxygens (including phenoxy) is 1. The van der Waals surface area contributed by atoms with Gasteiger partial charge in [-0.3, -0.25) is 0 Å². The number of halogens is 2. The highest BCUT2D eigenvalue weighted by Crippen LogP contribution is 2.26. The first-order valence-corrected chi connectivity index (χ1v) is 8.84. The molecule has 0 saturated carbocycles. The maximum Gasteiger partial charge on any atom is 0.373 e. The Labute approximate surface area is 169 Å². The predicted octanol–water partition coefficient (Wildman–Crippen LogP) is 5.29. The van der Waals surface area contributed by atoms with Gasteiger partial charge in [0.1, 0.15) is 5.58 Å². The Kier molecular flexibility index (Phi) is 5.01. The third kappa shape index (κ3) is 4.12. The number of benzene rings is 2. The van der Waals surface area contributed by atoms with E-state index < -0.39 is 11.8 Å². The average Bonchev–Trinajstić information content (AvgIpc) is 3.15. The standard InChI is InChI=1S/C20H14ClFN4O3/c1-28-19(27)17-9-11-8-14(6-7-16(11)29-17)25-20-23-10-15(22)18(26-20)24-13-4-2-12(21)3-5-13/h2-10H,1H3,(H2,23,24,25,26). The van der Waals surface area contributed by atoms with Crippen LogP contribution in [0.4, 0.5) is 27.5 Å². The van der Waals surface area contributed by atoms with Crippen LogP contribution in [0.5, 0.6) is 0 Å². The predicted molar refractivity (Wildman–Crippen MR) is 108 cm³/mol. The van der Waals surface area contributed by atoms with Gasteiger partial charge in [-0.15, -0.1) is 0 Å². The van der Waals surface area contributed by atoms with Crippen LogP contribution < -0.4 is 10.6 Å². The Hall–Kier alpha value is -3.65. The second-order valence-corrected chi connectivity index (χ2v) is 6.44. The second-order valence-electron chi connectivity index (χ2n) is 6.00. The molecule has 0 bridgehead atoms. The topological polar surface area (TPSA) is 89.3 Å². The van der Waals surface area contributed by atoms with Gasteiger partial charge in [-0.2, -0.15) is 4.98 Å². The molecule has 9 heteroatoms. The van der Waals surface area contributed by atoms with Crippen molar-refractivity contribution >= 4 is 51.7 Å². The van der Waals surface area contributed by atoms with Crippen molar-refractivity contribution in [3.8, 4) is 0 Å². The molecule has 29 heavy (non-hydrogen) atoms. The molecule has 0 unspecified atom stereocenters. The van der Waals surface area contributed by atoms with Gasteiger partial charge in [0.15, 0.2) is 11.6 Å². The Morgan fingerprint density at radius 3 is 2.62 bits per heavy atom. The molecule has 0 amide bonds. The second kappa shape index (κ2) is 7.76. The molecule has 0 aliphatic heterocycles. The summed E-state index contributed by atoms with van der Waals surface area (Å²) in [4.78, 5) is 19.7. The van der Waals surface area contributed by atoms with E-state index in [1.165, 1.54) is 7.11 Å². The van der Waals surface area contributed by atoms with Crippen LogP contribution in [0.3, 0.4) is 0 Å². The van der Waals surface area contributed by atoms with Crippen LogP contribution in [0.15, 0.2) is 59.1 Å². The van der Waals surface area contributed by atoms with E-state index in [9.17, 15) is 9.18 Å². The van der Waals surface area contributed by atoms with Crippen molar-refractivity contribution in [1.29, 1.82) is 0 Å². The minimum atomic E-state index is -0.599. The maximum absolute atomic E-state index is 14.1. The highest BCUT2D eigenvalue weighted by atomic mass is 35.5. The van der Waals surface area contributed by atoms with Gasteiger partial charge in [0, 0.05) is 21.8 Å². The number of nitrogens with one attached hydrogen (secondary N) is 2. The van der Waals surface area contributed by atoms with E-state index >= 15 is 0 Å². The van der Waals surface area contributed by atoms with Crippen LogP contribution in [0.25, 0.3) is 11.0 Å². The number of hydrogen-bond donors (Lipinski definition) is 2. The van der Waals surface area contributed by atoms with E-state index in [1.807, 2.05) is 0 Å². The first-order valence-electron chi connectivity index (χ1n) is 8.46. The molecule has 0 radical (unpaired) electrons. The van der Waals surface area contributed by atoms with Crippen molar-refractivity contribution in [2.45, 2.75) is 0 Å². The van der Waals surface area contributed by atoms with Crippen molar-refractivity contribution in [3.63, 3.8) is 0 Å². The number of methoxy groups -OCH3 is 1. The zero-order chi connectivity index (χ0) is 20.4. The lowest BCUT2D eigenvalue weighted by molar-refractivity contribution is 0.0567. The smallest absolute Gasteiger partial charge is 0.373 e. The zero-order valence-corrected chi connectivity index (χ0v) is 15.8. The summed E-state index contributed by atoms with van der Waals surface area (Å²) in [6.45, 7) is 0. The quantitative estimate of drug-likeness (QED) is 0.430. The number of furan rings is 1. The van der Waals surface area contributed by atoms with E-state index in [4.69, 9.17) is 16.0 Å². The number of carbonyl (C=O) groups is 1. The summed E-state index contributed by atoms with van der Waals surface area (Å²) in [6.07, 6.45) is 1.07. The van der Waals surface area contributed by atoms with E-state index in [0.717, 1.165) is 6.20 Å². The summed E-state index contributed by atoms with van der Waals surface area (Å²) in [5, 5.41) is 7.16. The number of hydrogen-bond acceptors (Lipinski definition) is 7. The Balaban J connectivity index is 1.57. The molecule has 4 aromatic rings. The fourth-order valence-electron chi connectivity index (χ4n) is 2.64. The molecular formula is C20H14ClFN4O3. The number of carbonyl (C=O) groups excluding carboxylic acids is 1. The largest absolute Gasteiger partial charge is 0.463 e. The first kappa shape index (κ1) is 18.7. The van der Waals surface area contributed by atoms with Crippen LogP contribution in [0.2, 0.25) is 5.02 Å². The average molecular weight is 413 g/mol. The molecule has 146 valence electrons. The van der Waals surface area contributed by atoms with Crippen molar-refractivity contribution in [3.05, 3.63) is 71.3 Å². The molecule has 2 aromatic carbocycles. The third-order valence-corrected chi connectivity index (χ3v) is 4.26. The summed E-state index contributed by atoms with van der Waals surface area (Å²) < 4.78 is 24.2. The number of esters is 1. The molecular weight excluding hydrogens is 399 g/mol. The summed E-state index contributed by atoms with van der Waals surface area (Å²) >= 11 is 5.86. The fraction of sp³-hybridized carbons (Fsp3) is 0.0500. The Bertz CT molecular complexity index is 1190. The third-order valence-electron chi connectivity index (χ3n) is 4.01. The van der Waals surface area contributed by atoms with Crippen LogP contribution in [-0.2, 0) is 4.74 Å². The molecule has 4 rings (SSSR count). The van der Waals surface area contributed by atoms with E-state index in [-0.39, 0.29) is 17.5 Å². The lowest BCUT2D eigenvalue weighted by atomic mass is 10.2. The van der Waals surface area contributed by atoms with Gasteiger partial charge >= 0.3 is 5.97 Å². The number of anilines is 4. The van der Waals surface area contributed by atoms with Gasteiger partial charge < -0.3 is 19.8 Å². The molecule has 2 heterocycles. The summed E-state index contributed by atoms with van der Waals surface area (Å²) in [6, 6.07) is 13.5. The van der Waals surface area contributed by atoms with Crippen LogP contribution in [0.1, 0.15) is 10.6 Å². The van der Waals surface area contributed by atoms with E-state index in [1.54, 1.807) is 48.5 Å². The first-order chi connectivity index (χ1) is 14.0. The Morgan fingerprint density at radius 1 is 1.10 bits per heavy atom. The minimum Gasteiger partial charge on any atom is -0.463 e. The highest BCUT2D eigenvalue weighted by Gasteiger charge is 2.13. The van der Waals surface area contributed by atoms with E-state index in [0.29, 0.717) is 27.4 Å². The van der Waals surface area contributed by atoms with Gasteiger partial charge in [0.05, 0.1) is 13.3 Å². The number of fused-ring (bicyclic) bond motifs is 1. The summed E-state index contributed by atoms with van der Waals surface area (Å²) in [5.74, 6) is -0.845. The SMILES string of the molecule is COC(=O)c1cc2cc(Nc3ncc(F)c(Nc4ccc(Cl)cc4)n3)ccc2o1. The molecule has 0 aliphatic rings. The summed E-state index contributed by atoms with van der Waals surface area (Å²) in [7, 11) is 1.28. The molecule has 2 N–H and O–H groups in total. The number of rotatable bonds is 5. The fourth-order valence-corrected chi connectivity index (χ4v) is 2.76. The van der Waals surface area contributed by atoms with Gasteiger partial charge in [-0.05, 0) is 48.5 Å². The monoisotopic (exact) mass is 412 g/mol. The maximum atomic E-state index is 14.1. The lowest BCUT2D eigenvalue weighted by Gasteiger charge is -2.09. The molecule has 0 atom stereocenters. The number of aromatic nitrogens is 2. The van der Waals surface area contributed by atoms with Crippen LogP contribution >= 0.6 is 11.6 Å². The number of nitrogens with zero attached hydrogens (tertiary/aromatic N) is 2.